The van der Waals surface area contributed by atoms with Crippen LogP contribution < -0.4 is 4.90 Å². The summed E-state index contributed by atoms with van der Waals surface area (Å²) in [6.07, 6.45) is 0.333. The van der Waals surface area contributed by atoms with Gasteiger partial charge in [0.1, 0.15) is 11.6 Å². The molecule has 0 radical (unpaired) electrons. The Morgan fingerprint density at radius 1 is 1.31 bits per heavy atom. The van der Waals surface area contributed by atoms with Crippen LogP contribution in [0.25, 0.3) is 0 Å². The van der Waals surface area contributed by atoms with E-state index in [2.05, 4.69) is 0 Å². The minimum Gasteiger partial charge on any atom is -0.311 e. The van der Waals surface area contributed by atoms with E-state index in [-0.39, 0.29) is 23.9 Å². The molecule has 0 spiro atoms. The average molecular weight is 221 g/mol. The van der Waals surface area contributed by atoms with Gasteiger partial charge in [0.2, 0.25) is 5.91 Å². The molecular weight excluding hydrogens is 209 g/mol. The number of amides is 1. The Labute approximate surface area is 92.9 Å². The molecule has 0 aliphatic carbocycles. The first kappa shape index (κ1) is 10.8. The molecule has 1 aliphatic rings. The summed E-state index contributed by atoms with van der Waals surface area (Å²) in [6.45, 7) is 2.15. The molecule has 1 aromatic carbocycles. The van der Waals surface area contributed by atoms with Crippen LogP contribution >= 0.6 is 0 Å². The van der Waals surface area contributed by atoms with E-state index in [0.29, 0.717) is 24.2 Å². The molecule has 1 amide bonds. The maximum absolute atomic E-state index is 12.9. The van der Waals surface area contributed by atoms with Crippen molar-refractivity contribution in [1.29, 1.82) is 0 Å². The van der Waals surface area contributed by atoms with Crippen molar-refractivity contribution in [3.63, 3.8) is 0 Å². The number of rotatable bonds is 1. The Kier molecular flexibility index (Phi) is 2.73. The number of nitrogens with zero attached hydrogens (tertiary/aromatic N) is 1. The van der Waals surface area contributed by atoms with Crippen molar-refractivity contribution in [2.24, 2.45) is 0 Å². The number of carbonyl (C=O) groups is 2. The highest BCUT2D eigenvalue weighted by Gasteiger charge is 2.25. The van der Waals surface area contributed by atoms with E-state index in [1.165, 1.54) is 12.1 Å². The largest absolute Gasteiger partial charge is 0.311 e. The molecule has 0 atom stereocenters. The van der Waals surface area contributed by atoms with Crippen LogP contribution in [0, 0.1) is 12.7 Å². The van der Waals surface area contributed by atoms with Crippen LogP contribution in [0.15, 0.2) is 18.2 Å². The van der Waals surface area contributed by atoms with Gasteiger partial charge >= 0.3 is 0 Å². The number of hydrogen-bond donors (Lipinski definition) is 0. The van der Waals surface area contributed by atoms with Crippen molar-refractivity contribution in [1.82, 2.24) is 0 Å². The summed E-state index contributed by atoms with van der Waals surface area (Å²) in [6, 6.07) is 4.30. The Morgan fingerprint density at radius 2 is 2.06 bits per heavy atom. The lowest BCUT2D eigenvalue weighted by atomic mass is 10.1. The van der Waals surface area contributed by atoms with E-state index >= 15 is 0 Å². The minimum absolute atomic E-state index is 0.0268. The maximum atomic E-state index is 12.9. The highest BCUT2D eigenvalue weighted by atomic mass is 19.1. The van der Waals surface area contributed by atoms with Crippen LogP contribution in [-0.2, 0) is 9.59 Å². The van der Waals surface area contributed by atoms with E-state index in [1.54, 1.807) is 17.9 Å². The molecule has 1 aromatic rings. The van der Waals surface area contributed by atoms with Gasteiger partial charge in [0.25, 0.3) is 0 Å². The van der Waals surface area contributed by atoms with Crippen LogP contribution in [0.4, 0.5) is 10.1 Å². The van der Waals surface area contributed by atoms with Gasteiger partial charge < -0.3 is 4.90 Å². The summed E-state index contributed by atoms with van der Waals surface area (Å²) in [5.41, 5.74) is 1.40. The van der Waals surface area contributed by atoms with E-state index in [4.69, 9.17) is 0 Å². The van der Waals surface area contributed by atoms with Gasteiger partial charge in [0, 0.05) is 18.7 Å². The number of anilines is 1. The van der Waals surface area contributed by atoms with Gasteiger partial charge in [-0.1, -0.05) is 0 Å². The minimum atomic E-state index is -0.318. The number of halogens is 1. The lowest BCUT2D eigenvalue weighted by Crippen LogP contribution is -2.39. The van der Waals surface area contributed by atoms with Crippen LogP contribution in [-0.4, -0.2) is 18.2 Å². The summed E-state index contributed by atoms with van der Waals surface area (Å²) in [5.74, 6) is -0.547. The van der Waals surface area contributed by atoms with Crippen molar-refractivity contribution < 1.29 is 14.0 Å². The first-order chi connectivity index (χ1) is 7.58. The number of aryl methyl sites for hydroxylation is 1. The maximum Gasteiger partial charge on any atom is 0.234 e. The average Bonchev–Trinajstić information content (AvgIpc) is 2.19. The number of ketones is 1. The van der Waals surface area contributed by atoms with Crippen LogP contribution in [0.1, 0.15) is 18.4 Å². The molecule has 0 unspecified atom stereocenters. The van der Waals surface area contributed by atoms with E-state index in [9.17, 15) is 14.0 Å². The fourth-order valence-electron chi connectivity index (χ4n) is 1.89. The van der Waals surface area contributed by atoms with E-state index < -0.39 is 0 Å². The molecule has 4 heteroatoms. The normalized spacial score (nSPS) is 16.8. The van der Waals surface area contributed by atoms with Crippen molar-refractivity contribution in [3.8, 4) is 0 Å². The second kappa shape index (κ2) is 4.04. The van der Waals surface area contributed by atoms with Gasteiger partial charge in [-0.2, -0.15) is 0 Å². The topological polar surface area (TPSA) is 37.4 Å². The van der Waals surface area contributed by atoms with Gasteiger partial charge in [-0.15, -0.1) is 0 Å². The second-order valence-corrected chi connectivity index (χ2v) is 3.94. The fourth-order valence-corrected chi connectivity index (χ4v) is 1.89. The monoisotopic (exact) mass is 221 g/mol. The van der Waals surface area contributed by atoms with E-state index in [1.807, 2.05) is 0 Å². The van der Waals surface area contributed by atoms with Crippen molar-refractivity contribution in [2.75, 3.05) is 11.4 Å². The summed E-state index contributed by atoms with van der Waals surface area (Å²) in [4.78, 5) is 24.3. The summed E-state index contributed by atoms with van der Waals surface area (Å²) < 4.78 is 12.9. The number of carbonyl (C=O) groups excluding carboxylic acids is 2. The first-order valence-electron chi connectivity index (χ1n) is 5.16. The summed E-state index contributed by atoms with van der Waals surface area (Å²) in [5, 5.41) is 0. The molecule has 3 nitrogen and oxygen atoms in total. The summed E-state index contributed by atoms with van der Waals surface area (Å²) >= 11 is 0. The lowest BCUT2D eigenvalue weighted by Gasteiger charge is -2.27. The van der Waals surface area contributed by atoms with Gasteiger partial charge in [0.05, 0.1) is 6.42 Å². The Balaban J connectivity index is 2.30. The zero-order valence-electron chi connectivity index (χ0n) is 9.00. The van der Waals surface area contributed by atoms with Crippen molar-refractivity contribution in [3.05, 3.63) is 29.6 Å². The van der Waals surface area contributed by atoms with Crippen molar-refractivity contribution >= 4 is 17.4 Å². The van der Waals surface area contributed by atoms with Crippen molar-refractivity contribution in [2.45, 2.75) is 19.8 Å². The smallest absolute Gasteiger partial charge is 0.234 e. The molecule has 1 fully saturated rings. The molecule has 16 heavy (non-hydrogen) atoms. The predicted octanol–water partition coefficient (Wildman–Crippen LogP) is 1.83. The standard InChI is InChI=1S/C12H12FNO2/c1-8-6-9(13)2-3-11(8)14-5-4-10(15)7-12(14)16/h2-3,6H,4-5,7H2,1H3. The van der Waals surface area contributed by atoms with Crippen LogP contribution in [0.2, 0.25) is 0 Å². The second-order valence-electron chi connectivity index (χ2n) is 3.94. The first-order valence-corrected chi connectivity index (χ1v) is 5.16. The highest BCUT2D eigenvalue weighted by molar-refractivity contribution is 6.08. The Bertz CT molecular complexity index is 456. The molecule has 0 aromatic heterocycles. The van der Waals surface area contributed by atoms with Gasteiger partial charge in [-0.3, -0.25) is 9.59 Å². The summed E-state index contributed by atoms with van der Waals surface area (Å²) in [7, 11) is 0. The Hall–Kier alpha value is -1.71. The third kappa shape index (κ3) is 1.96. The highest BCUT2D eigenvalue weighted by Crippen LogP contribution is 2.24. The zero-order valence-corrected chi connectivity index (χ0v) is 9.00. The molecule has 0 bridgehead atoms. The zero-order chi connectivity index (χ0) is 11.7. The SMILES string of the molecule is Cc1cc(F)ccc1N1CCC(=O)CC1=O. The molecule has 84 valence electrons. The van der Waals surface area contributed by atoms with Crippen LogP contribution in [0.3, 0.4) is 0 Å². The van der Waals surface area contributed by atoms with E-state index in [0.717, 1.165) is 0 Å². The predicted molar refractivity (Wildman–Crippen MR) is 57.7 cm³/mol. The molecule has 1 aliphatic heterocycles. The molecule has 2 rings (SSSR count). The molecule has 0 N–H and O–H groups in total. The molecular formula is C12H12FNO2. The number of Topliss-reactive ketones (excluding diaryl/α,β-unsaturated/α-hetero) is 1. The molecule has 1 heterocycles. The van der Waals surface area contributed by atoms with Gasteiger partial charge in [-0.25, -0.2) is 4.39 Å². The fraction of sp³-hybridized carbons (Fsp3) is 0.333. The quantitative estimate of drug-likeness (QED) is 0.678. The third-order valence-corrected chi connectivity index (χ3v) is 2.71. The van der Waals surface area contributed by atoms with Gasteiger partial charge in [0.15, 0.2) is 0 Å². The number of benzene rings is 1. The molecule has 1 saturated heterocycles. The number of piperidine rings is 1. The number of hydrogen-bond acceptors (Lipinski definition) is 2. The lowest BCUT2D eigenvalue weighted by molar-refractivity contribution is -0.128. The Morgan fingerprint density at radius 3 is 2.69 bits per heavy atom. The third-order valence-electron chi connectivity index (χ3n) is 2.71. The van der Waals surface area contributed by atoms with Crippen LogP contribution in [0.5, 0.6) is 0 Å². The molecule has 0 saturated carbocycles. The van der Waals surface area contributed by atoms with Gasteiger partial charge in [-0.05, 0) is 30.7 Å².